The Bertz CT molecular complexity index is 249. The van der Waals surface area contributed by atoms with Crippen LogP contribution in [0.15, 0.2) is 0 Å². The van der Waals surface area contributed by atoms with Gasteiger partial charge in [0.2, 0.25) is 0 Å². The van der Waals surface area contributed by atoms with Gasteiger partial charge in [-0.25, -0.2) is 0 Å². The van der Waals surface area contributed by atoms with Crippen LogP contribution in [0.3, 0.4) is 0 Å². The summed E-state index contributed by atoms with van der Waals surface area (Å²) in [7, 11) is 0. The highest BCUT2D eigenvalue weighted by Gasteiger charge is 2.41. The van der Waals surface area contributed by atoms with Crippen LogP contribution in [0.1, 0.15) is 40.0 Å². The quantitative estimate of drug-likeness (QED) is 0.671. The van der Waals surface area contributed by atoms with Gasteiger partial charge in [-0.15, -0.1) is 0 Å². The first kappa shape index (κ1) is 10.9. The number of hydrogen-bond donors (Lipinski definition) is 1. The second-order valence-electron chi connectivity index (χ2n) is 5.83. The Morgan fingerprint density at radius 3 is 2.47 bits per heavy atom. The number of ether oxygens (including phenoxy) is 1. The molecule has 3 rings (SSSR count). The smallest absolute Gasteiger partial charge is 0.311 e. The Morgan fingerprint density at radius 2 is 2.07 bits per heavy atom. The van der Waals surface area contributed by atoms with Gasteiger partial charge < -0.3 is 10.1 Å². The molecule has 3 atom stereocenters. The van der Waals surface area contributed by atoms with Gasteiger partial charge >= 0.3 is 5.97 Å². The number of carbonyl (C=O) groups is 1. The third-order valence-corrected chi connectivity index (χ3v) is 3.34. The number of rotatable bonds is 1. The van der Waals surface area contributed by atoms with Gasteiger partial charge in [0.05, 0.1) is 5.92 Å². The highest BCUT2D eigenvalue weighted by Crippen LogP contribution is 2.34. The number of fused-ring (bicyclic) bond motifs is 3. The maximum absolute atomic E-state index is 11.9. The second-order valence-corrected chi connectivity index (χ2v) is 5.83. The van der Waals surface area contributed by atoms with Crippen molar-refractivity contribution in [1.29, 1.82) is 0 Å². The van der Waals surface area contributed by atoms with Crippen molar-refractivity contribution >= 4 is 5.97 Å². The predicted octanol–water partition coefficient (Wildman–Crippen LogP) is 1.72. The van der Waals surface area contributed by atoms with Gasteiger partial charge in [0, 0.05) is 6.04 Å². The summed E-state index contributed by atoms with van der Waals surface area (Å²) in [6.07, 6.45) is 3.43. The zero-order valence-electron chi connectivity index (χ0n) is 9.88. The van der Waals surface area contributed by atoms with Crippen molar-refractivity contribution in [3.05, 3.63) is 0 Å². The monoisotopic (exact) mass is 211 g/mol. The van der Waals surface area contributed by atoms with Crippen molar-refractivity contribution < 1.29 is 9.53 Å². The topological polar surface area (TPSA) is 38.3 Å². The summed E-state index contributed by atoms with van der Waals surface area (Å²) >= 11 is 0. The SMILES string of the molecule is CC(C)(C)OC(=O)[C@@H]1C[C@H]2CC[C@@H]1NC2. The van der Waals surface area contributed by atoms with Gasteiger partial charge in [0.1, 0.15) is 5.60 Å². The van der Waals surface area contributed by atoms with Crippen molar-refractivity contribution in [3.63, 3.8) is 0 Å². The molecular formula is C12H21NO2. The first-order valence-electron chi connectivity index (χ1n) is 5.92. The fourth-order valence-corrected chi connectivity index (χ4v) is 2.64. The summed E-state index contributed by atoms with van der Waals surface area (Å²) in [5.41, 5.74) is -0.353. The lowest BCUT2D eigenvalue weighted by molar-refractivity contribution is -0.164. The van der Waals surface area contributed by atoms with Gasteiger partial charge in [0.25, 0.3) is 0 Å². The fraction of sp³-hybridized carbons (Fsp3) is 0.917. The van der Waals surface area contributed by atoms with E-state index >= 15 is 0 Å². The normalized spacial score (nSPS) is 35.3. The Morgan fingerprint density at radius 1 is 1.33 bits per heavy atom. The zero-order chi connectivity index (χ0) is 11.1. The number of esters is 1. The Balaban J connectivity index is 1.96. The molecule has 2 saturated heterocycles. The minimum Gasteiger partial charge on any atom is -0.460 e. The molecule has 0 aromatic heterocycles. The summed E-state index contributed by atoms with van der Waals surface area (Å²) in [4.78, 5) is 11.9. The predicted molar refractivity (Wildman–Crippen MR) is 58.5 cm³/mol. The van der Waals surface area contributed by atoms with Crippen LogP contribution in [0, 0.1) is 11.8 Å². The largest absolute Gasteiger partial charge is 0.460 e. The van der Waals surface area contributed by atoms with E-state index in [0.29, 0.717) is 12.0 Å². The molecule has 0 spiro atoms. The molecule has 3 aliphatic rings. The van der Waals surface area contributed by atoms with Crippen LogP contribution in [0.5, 0.6) is 0 Å². The van der Waals surface area contributed by atoms with Crippen molar-refractivity contribution in [3.8, 4) is 0 Å². The molecule has 0 aromatic carbocycles. The minimum absolute atomic E-state index is 0.00981. The standard InChI is InChI=1S/C12H21NO2/c1-12(2,3)15-11(14)9-6-8-4-5-10(9)13-7-8/h8-10,13H,4-7H2,1-3H3/t8-,9-,10+/m1/s1. The maximum Gasteiger partial charge on any atom is 0.311 e. The number of hydrogen-bond acceptors (Lipinski definition) is 3. The van der Waals surface area contributed by atoms with Gasteiger partial charge in [-0.3, -0.25) is 4.79 Å². The van der Waals surface area contributed by atoms with E-state index in [4.69, 9.17) is 4.74 Å². The summed E-state index contributed by atoms with van der Waals surface area (Å²) in [5, 5.41) is 3.43. The number of carbonyl (C=O) groups excluding carboxylic acids is 1. The lowest BCUT2D eigenvalue weighted by Gasteiger charge is -2.42. The maximum atomic E-state index is 11.9. The molecule has 3 nitrogen and oxygen atoms in total. The van der Waals surface area contributed by atoms with Crippen molar-refractivity contribution in [2.24, 2.45) is 11.8 Å². The third-order valence-electron chi connectivity index (χ3n) is 3.34. The van der Waals surface area contributed by atoms with Crippen molar-refractivity contribution in [2.75, 3.05) is 6.54 Å². The summed E-state index contributed by atoms with van der Waals surface area (Å²) in [5.74, 6) is 0.772. The van der Waals surface area contributed by atoms with E-state index in [1.165, 1.54) is 6.42 Å². The minimum atomic E-state index is -0.353. The molecule has 1 N–H and O–H groups in total. The lowest BCUT2D eigenvalue weighted by atomic mass is 9.74. The molecule has 0 radical (unpaired) electrons. The fourth-order valence-electron chi connectivity index (χ4n) is 2.64. The second kappa shape index (κ2) is 3.78. The molecule has 0 aromatic rings. The van der Waals surface area contributed by atoms with E-state index in [1.54, 1.807) is 0 Å². The third kappa shape index (κ3) is 2.51. The zero-order valence-corrected chi connectivity index (χ0v) is 9.88. The van der Waals surface area contributed by atoms with Crippen LogP contribution in [0.4, 0.5) is 0 Å². The molecule has 86 valence electrons. The molecule has 3 heteroatoms. The van der Waals surface area contributed by atoms with E-state index in [9.17, 15) is 4.79 Å². The Hall–Kier alpha value is -0.570. The Kier molecular flexibility index (Phi) is 2.75. The van der Waals surface area contributed by atoms with E-state index in [1.807, 2.05) is 20.8 Å². The molecule has 2 bridgehead atoms. The van der Waals surface area contributed by atoms with Crippen LogP contribution < -0.4 is 5.32 Å². The molecular weight excluding hydrogens is 190 g/mol. The van der Waals surface area contributed by atoms with Gasteiger partial charge in [-0.1, -0.05) is 0 Å². The molecule has 2 aliphatic heterocycles. The summed E-state index contributed by atoms with van der Waals surface area (Å²) in [6, 6.07) is 0.366. The highest BCUT2D eigenvalue weighted by molar-refractivity contribution is 5.74. The van der Waals surface area contributed by atoms with E-state index in [2.05, 4.69) is 5.32 Å². The van der Waals surface area contributed by atoms with Gasteiger partial charge in [-0.2, -0.15) is 0 Å². The first-order chi connectivity index (χ1) is 6.96. The molecule has 0 amide bonds. The van der Waals surface area contributed by atoms with Crippen molar-refractivity contribution in [2.45, 2.75) is 51.7 Å². The van der Waals surface area contributed by atoms with E-state index < -0.39 is 0 Å². The first-order valence-corrected chi connectivity index (χ1v) is 5.92. The molecule has 2 heterocycles. The van der Waals surface area contributed by atoms with Crippen LogP contribution >= 0.6 is 0 Å². The molecule has 15 heavy (non-hydrogen) atoms. The van der Waals surface area contributed by atoms with Crippen LogP contribution in [-0.4, -0.2) is 24.2 Å². The average Bonchev–Trinajstić information content (AvgIpc) is 2.17. The number of piperidine rings is 2. The van der Waals surface area contributed by atoms with Crippen LogP contribution in [-0.2, 0) is 9.53 Å². The van der Waals surface area contributed by atoms with Crippen LogP contribution in [0.2, 0.25) is 0 Å². The highest BCUT2D eigenvalue weighted by atomic mass is 16.6. The lowest BCUT2D eigenvalue weighted by Crippen LogP contribution is -2.53. The molecule has 3 fully saturated rings. The average molecular weight is 211 g/mol. The van der Waals surface area contributed by atoms with E-state index in [-0.39, 0.29) is 17.5 Å². The molecule has 1 aliphatic carbocycles. The molecule has 1 saturated carbocycles. The summed E-state index contributed by atoms with van der Waals surface area (Å²) in [6.45, 7) is 6.88. The van der Waals surface area contributed by atoms with Crippen molar-refractivity contribution in [1.82, 2.24) is 5.32 Å². The molecule has 0 unspecified atom stereocenters. The number of nitrogens with one attached hydrogen (secondary N) is 1. The van der Waals surface area contributed by atoms with Crippen LogP contribution in [0.25, 0.3) is 0 Å². The van der Waals surface area contributed by atoms with Gasteiger partial charge in [0.15, 0.2) is 0 Å². The Labute approximate surface area is 91.6 Å². The van der Waals surface area contributed by atoms with Gasteiger partial charge in [-0.05, 0) is 52.5 Å². The summed E-state index contributed by atoms with van der Waals surface area (Å²) < 4.78 is 5.45. The van der Waals surface area contributed by atoms with E-state index in [0.717, 1.165) is 19.4 Å².